The number of aliphatic carboxylic acids is 1. The van der Waals surface area contributed by atoms with E-state index in [9.17, 15) is 14.4 Å². The van der Waals surface area contributed by atoms with Gasteiger partial charge in [-0.25, -0.2) is 9.59 Å². The van der Waals surface area contributed by atoms with Gasteiger partial charge in [0.1, 0.15) is 6.04 Å². The highest BCUT2D eigenvalue weighted by Crippen LogP contribution is 2.29. The summed E-state index contributed by atoms with van der Waals surface area (Å²) < 4.78 is 0. The molecule has 21 heavy (non-hydrogen) atoms. The minimum Gasteiger partial charge on any atom is -0.480 e. The summed E-state index contributed by atoms with van der Waals surface area (Å²) in [5.74, 6) is -2.03. The minimum atomic E-state index is -1.29. The molecule has 0 saturated heterocycles. The summed E-state index contributed by atoms with van der Waals surface area (Å²) in [6.07, 6.45) is 1.40. The van der Waals surface area contributed by atoms with E-state index >= 15 is 0 Å². The van der Waals surface area contributed by atoms with Crippen molar-refractivity contribution < 1.29 is 19.5 Å². The molecule has 1 aromatic rings. The van der Waals surface area contributed by atoms with Crippen LogP contribution in [0.5, 0.6) is 0 Å². The number of carboxylic acid groups (broad SMARTS) is 1. The molecule has 2 rings (SSSR count). The molecule has 0 spiro atoms. The molecule has 114 valence electrons. The third-order valence-electron chi connectivity index (χ3n) is 3.16. The fraction of sp³-hybridized carbons (Fsp3) is 0.462. The second kappa shape index (κ2) is 6.57. The van der Waals surface area contributed by atoms with Crippen molar-refractivity contribution in [3.8, 4) is 0 Å². The maximum Gasteiger partial charge on any atom is 0.326 e. The molecule has 0 bridgehead atoms. The summed E-state index contributed by atoms with van der Waals surface area (Å²) in [5, 5.41) is 13.3. The van der Waals surface area contributed by atoms with Crippen LogP contribution in [0.4, 0.5) is 4.79 Å². The lowest BCUT2D eigenvalue weighted by atomic mass is 10.2. The zero-order valence-corrected chi connectivity index (χ0v) is 12.1. The number of nitrogens with zero attached hydrogens (tertiary/aromatic N) is 1. The predicted octanol–water partition coefficient (Wildman–Crippen LogP) is 0.751. The molecule has 1 heterocycles. The van der Waals surface area contributed by atoms with Gasteiger partial charge < -0.3 is 21.1 Å². The van der Waals surface area contributed by atoms with Crippen LogP contribution >= 0.6 is 11.3 Å². The number of carboxylic acids is 1. The third-order valence-corrected chi connectivity index (χ3v) is 4.02. The van der Waals surface area contributed by atoms with Gasteiger partial charge >= 0.3 is 12.0 Å². The van der Waals surface area contributed by atoms with Crippen LogP contribution in [0.2, 0.25) is 0 Å². The van der Waals surface area contributed by atoms with E-state index in [1.165, 1.54) is 11.3 Å². The van der Waals surface area contributed by atoms with E-state index in [2.05, 4.69) is 5.32 Å². The van der Waals surface area contributed by atoms with Gasteiger partial charge in [0.15, 0.2) is 0 Å². The molecule has 0 aromatic carbocycles. The van der Waals surface area contributed by atoms with Crippen molar-refractivity contribution in [3.05, 3.63) is 22.4 Å². The number of rotatable bonds is 7. The van der Waals surface area contributed by atoms with Crippen molar-refractivity contribution in [2.24, 2.45) is 5.73 Å². The topological polar surface area (TPSA) is 113 Å². The van der Waals surface area contributed by atoms with Gasteiger partial charge in [0, 0.05) is 10.9 Å². The molecule has 4 N–H and O–H groups in total. The molecular weight excluding hydrogens is 294 g/mol. The largest absolute Gasteiger partial charge is 0.480 e. The van der Waals surface area contributed by atoms with Crippen molar-refractivity contribution in [2.45, 2.75) is 37.9 Å². The van der Waals surface area contributed by atoms with E-state index in [4.69, 9.17) is 10.8 Å². The van der Waals surface area contributed by atoms with Crippen molar-refractivity contribution in [1.29, 1.82) is 0 Å². The first-order chi connectivity index (χ1) is 9.97. The van der Waals surface area contributed by atoms with Gasteiger partial charge in [0.2, 0.25) is 5.91 Å². The Bertz CT molecular complexity index is 528. The van der Waals surface area contributed by atoms with Gasteiger partial charge in [-0.2, -0.15) is 0 Å². The first-order valence-corrected chi connectivity index (χ1v) is 7.46. The normalized spacial score (nSPS) is 15.2. The molecule has 0 radical (unpaired) electrons. The number of urea groups is 1. The Morgan fingerprint density at radius 2 is 2.19 bits per heavy atom. The SMILES string of the molecule is NC(=O)C[C@H](NC(=O)N(Cc1cccs1)C1CC1)C(=O)O. The van der Waals surface area contributed by atoms with Crippen LogP contribution in [0.1, 0.15) is 24.1 Å². The number of hydrogen-bond acceptors (Lipinski definition) is 4. The summed E-state index contributed by atoms with van der Waals surface area (Å²) in [4.78, 5) is 36.8. The number of carbonyl (C=O) groups is 3. The van der Waals surface area contributed by atoms with Crippen LogP contribution in [0.25, 0.3) is 0 Å². The lowest BCUT2D eigenvalue weighted by molar-refractivity contribution is -0.141. The molecule has 1 fully saturated rings. The number of hydrogen-bond donors (Lipinski definition) is 3. The monoisotopic (exact) mass is 311 g/mol. The number of nitrogens with one attached hydrogen (secondary N) is 1. The second-order valence-corrected chi connectivity index (χ2v) is 5.98. The van der Waals surface area contributed by atoms with E-state index in [1.807, 2.05) is 17.5 Å². The summed E-state index contributed by atoms with van der Waals surface area (Å²) in [6, 6.07) is 2.19. The van der Waals surface area contributed by atoms with Crippen molar-refractivity contribution in [3.63, 3.8) is 0 Å². The first-order valence-electron chi connectivity index (χ1n) is 6.58. The van der Waals surface area contributed by atoms with Crippen molar-refractivity contribution in [1.82, 2.24) is 10.2 Å². The Morgan fingerprint density at radius 3 is 2.67 bits per heavy atom. The lowest BCUT2D eigenvalue weighted by Crippen LogP contribution is -2.49. The molecule has 8 heteroatoms. The molecule has 3 amide bonds. The number of nitrogens with two attached hydrogens (primary N) is 1. The maximum absolute atomic E-state index is 12.3. The quantitative estimate of drug-likeness (QED) is 0.689. The third kappa shape index (κ3) is 4.45. The standard InChI is InChI=1S/C13H17N3O4S/c14-11(17)6-10(12(18)19)15-13(20)16(8-3-4-8)7-9-2-1-5-21-9/h1-2,5,8,10H,3-4,6-7H2,(H2,14,17)(H,15,20)(H,18,19)/t10-/m0/s1. The molecule has 1 atom stereocenters. The summed E-state index contributed by atoms with van der Waals surface area (Å²) >= 11 is 1.54. The Hall–Kier alpha value is -2.09. The Labute approximate surface area is 125 Å². The lowest BCUT2D eigenvalue weighted by Gasteiger charge is -2.24. The molecule has 1 aromatic heterocycles. The first kappa shape index (κ1) is 15.3. The van der Waals surface area contributed by atoms with Gasteiger partial charge in [-0.3, -0.25) is 4.79 Å². The van der Waals surface area contributed by atoms with Crippen LogP contribution in [0.3, 0.4) is 0 Å². The average molecular weight is 311 g/mol. The van der Waals surface area contributed by atoms with Gasteiger partial charge in [-0.15, -0.1) is 11.3 Å². The second-order valence-electron chi connectivity index (χ2n) is 4.95. The minimum absolute atomic E-state index is 0.134. The van der Waals surface area contributed by atoms with Crippen LogP contribution < -0.4 is 11.1 Å². The van der Waals surface area contributed by atoms with E-state index in [1.54, 1.807) is 4.90 Å². The van der Waals surface area contributed by atoms with Gasteiger partial charge in [0.25, 0.3) is 0 Å². The Morgan fingerprint density at radius 1 is 1.48 bits per heavy atom. The van der Waals surface area contributed by atoms with Crippen LogP contribution in [0.15, 0.2) is 17.5 Å². The van der Waals surface area contributed by atoms with E-state index in [0.717, 1.165) is 17.7 Å². The van der Waals surface area contributed by atoms with Gasteiger partial charge in [0.05, 0.1) is 13.0 Å². The van der Waals surface area contributed by atoms with Crippen LogP contribution in [0, 0.1) is 0 Å². The van der Waals surface area contributed by atoms with Crippen molar-refractivity contribution >= 4 is 29.2 Å². The molecule has 1 saturated carbocycles. The molecule has 7 nitrogen and oxygen atoms in total. The molecule has 1 aliphatic rings. The van der Waals surface area contributed by atoms with Crippen LogP contribution in [-0.2, 0) is 16.1 Å². The average Bonchev–Trinajstić information content (AvgIpc) is 3.11. The summed E-state index contributed by atoms with van der Waals surface area (Å²) in [5.41, 5.74) is 5.00. The predicted molar refractivity (Wildman–Crippen MR) is 76.7 cm³/mol. The van der Waals surface area contributed by atoms with E-state index in [-0.39, 0.29) is 6.04 Å². The maximum atomic E-state index is 12.3. The number of amides is 3. The van der Waals surface area contributed by atoms with Gasteiger partial charge in [-0.05, 0) is 24.3 Å². The highest BCUT2D eigenvalue weighted by Gasteiger charge is 2.34. The van der Waals surface area contributed by atoms with Crippen LogP contribution in [-0.4, -0.2) is 40.0 Å². The fourth-order valence-corrected chi connectivity index (χ4v) is 2.66. The smallest absolute Gasteiger partial charge is 0.326 e. The van der Waals surface area contributed by atoms with E-state index in [0.29, 0.717) is 6.54 Å². The van der Waals surface area contributed by atoms with Crippen molar-refractivity contribution in [2.75, 3.05) is 0 Å². The fourth-order valence-electron chi connectivity index (χ4n) is 1.96. The zero-order valence-electron chi connectivity index (χ0n) is 11.3. The zero-order chi connectivity index (χ0) is 15.4. The summed E-state index contributed by atoms with van der Waals surface area (Å²) in [6.45, 7) is 0.442. The summed E-state index contributed by atoms with van der Waals surface area (Å²) in [7, 11) is 0. The Balaban J connectivity index is 2.00. The van der Waals surface area contributed by atoms with Gasteiger partial charge in [-0.1, -0.05) is 6.07 Å². The molecule has 0 unspecified atom stereocenters. The van der Waals surface area contributed by atoms with E-state index < -0.39 is 30.4 Å². The molecule has 1 aliphatic carbocycles. The Kier molecular flexibility index (Phi) is 4.79. The number of carbonyl (C=O) groups excluding carboxylic acids is 2. The highest BCUT2D eigenvalue weighted by molar-refractivity contribution is 7.09. The number of thiophene rings is 1. The molecular formula is C13H17N3O4S. The number of primary amides is 1. The highest BCUT2D eigenvalue weighted by atomic mass is 32.1. The molecule has 0 aliphatic heterocycles.